The summed E-state index contributed by atoms with van der Waals surface area (Å²) in [6, 6.07) is 15.7. The number of benzene rings is 2. The van der Waals surface area contributed by atoms with Gasteiger partial charge in [-0.15, -0.1) is 0 Å². The highest BCUT2D eigenvalue weighted by Gasteiger charge is 2.39. The predicted molar refractivity (Wildman–Crippen MR) is 264 cm³/mol. The lowest BCUT2D eigenvalue weighted by Crippen LogP contribution is -2.51. The molecule has 3 aliphatic rings. The van der Waals surface area contributed by atoms with Gasteiger partial charge in [0.1, 0.15) is 17.7 Å². The molecule has 2 fully saturated rings. The lowest BCUT2D eigenvalue weighted by molar-refractivity contribution is -0.137. The van der Waals surface area contributed by atoms with Gasteiger partial charge in [0.2, 0.25) is 11.8 Å². The van der Waals surface area contributed by atoms with Crippen LogP contribution in [0.3, 0.4) is 0 Å². The minimum absolute atomic E-state index is 0. The molecule has 12 nitrogen and oxygen atoms in total. The van der Waals surface area contributed by atoms with E-state index in [1.54, 1.807) is 0 Å². The second-order valence-corrected chi connectivity index (χ2v) is 15.1. The molecule has 332 valence electrons. The monoisotopic (exact) mass is 919 g/mol. The van der Waals surface area contributed by atoms with Crippen molar-refractivity contribution in [2.45, 2.75) is 85.5 Å². The summed E-state index contributed by atoms with van der Waals surface area (Å²) in [5.41, 5.74) is 6.71. The molecule has 5 heterocycles. The van der Waals surface area contributed by atoms with Crippen molar-refractivity contribution in [2.75, 3.05) is 26.8 Å². The highest BCUT2D eigenvalue weighted by atomic mass is 32.1. The summed E-state index contributed by atoms with van der Waals surface area (Å²) in [5.74, 6) is 1.62. The maximum atomic E-state index is 13.9. The summed E-state index contributed by atoms with van der Waals surface area (Å²) in [5, 5.41) is 2.75. The summed E-state index contributed by atoms with van der Waals surface area (Å²) in [4.78, 5) is 59.9. The van der Waals surface area contributed by atoms with Crippen LogP contribution >= 0.6 is 67.5 Å². The molecule has 0 saturated carbocycles. The number of alkyl carbamates (subject to hydrolysis) is 1. The zero-order valence-electron chi connectivity index (χ0n) is 34.3. The fourth-order valence-corrected chi connectivity index (χ4v) is 7.82. The highest BCUT2D eigenvalue weighted by molar-refractivity contribution is 7.60. The van der Waals surface area contributed by atoms with E-state index in [4.69, 9.17) is 19.4 Å². The Morgan fingerprint density at radius 2 is 1.45 bits per heavy atom. The maximum absolute atomic E-state index is 13.9. The van der Waals surface area contributed by atoms with Crippen molar-refractivity contribution >= 4 is 85.4 Å². The molecule has 4 aromatic rings. The van der Waals surface area contributed by atoms with Crippen LogP contribution in [0.2, 0.25) is 0 Å². The van der Waals surface area contributed by atoms with Gasteiger partial charge in [-0.1, -0.05) is 95.8 Å². The topological polar surface area (TPSA) is 146 Å². The van der Waals surface area contributed by atoms with Crippen molar-refractivity contribution < 1.29 is 23.9 Å². The van der Waals surface area contributed by atoms with Crippen LogP contribution in [-0.2, 0) is 25.7 Å². The van der Waals surface area contributed by atoms with E-state index in [2.05, 4.69) is 77.7 Å². The van der Waals surface area contributed by atoms with Gasteiger partial charge in [0.25, 0.3) is 0 Å². The molecule has 0 spiro atoms. The number of hydrogen-bond donors (Lipinski definition) is 3. The number of amides is 3. The molecular formula is C43H65N7O5S5. The van der Waals surface area contributed by atoms with Gasteiger partial charge in [0, 0.05) is 30.5 Å². The minimum Gasteiger partial charge on any atom is -0.453 e. The Balaban J connectivity index is 0.00000300. The number of fused-ring (bicyclic) bond motifs is 4. The molecule has 2 saturated heterocycles. The van der Waals surface area contributed by atoms with Gasteiger partial charge < -0.3 is 34.6 Å². The molecule has 3 aliphatic heterocycles. The molecule has 3 N–H and O–H groups in total. The molecule has 60 heavy (non-hydrogen) atoms. The number of nitrogens with one attached hydrogen (secondary N) is 3. The third-order valence-electron chi connectivity index (χ3n) is 11.3. The van der Waals surface area contributed by atoms with Gasteiger partial charge in [-0.25, -0.2) is 14.8 Å². The van der Waals surface area contributed by atoms with Crippen molar-refractivity contribution in [2.24, 2.45) is 17.8 Å². The Labute approximate surface area is 390 Å². The fourth-order valence-electron chi connectivity index (χ4n) is 7.82. The first-order valence-corrected chi connectivity index (χ1v) is 19.2. The van der Waals surface area contributed by atoms with Crippen LogP contribution in [0.5, 0.6) is 0 Å². The summed E-state index contributed by atoms with van der Waals surface area (Å²) >= 11 is 0. The number of nitrogens with zero attached hydrogens (tertiary/aromatic N) is 4. The SMILES string of the molecule is C.COC(=O)N[C@@H]1C(=O)N2CCC[C@H]2c2nc(-c3ccc(-c4ccc(-c5cnc([C@@H]6CCCN6C(=O)[C@@H](C)C(C)C)[nH]5)cc4)cc3)c([nH]2)COC/C=C/[C@@H]1C.S.S.S.S.S. The smallest absolute Gasteiger partial charge is 0.407 e. The molecule has 2 bridgehead atoms. The number of carbonyl (C=O) groups is 3. The number of H-pyrrole nitrogens is 2. The maximum Gasteiger partial charge on any atom is 0.407 e. The van der Waals surface area contributed by atoms with E-state index in [0.717, 1.165) is 77.4 Å². The number of likely N-dealkylation sites (tertiary alicyclic amines) is 1. The Kier molecular flexibility index (Phi) is 22.0. The number of aromatic amines is 2. The molecular weight excluding hydrogens is 855 g/mol. The van der Waals surface area contributed by atoms with Crippen LogP contribution in [0.15, 0.2) is 66.9 Å². The fraction of sp³-hybridized carbons (Fsp3) is 0.465. The van der Waals surface area contributed by atoms with Gasteiger partial charge in [-0.2, -0.15) is 67.5 Å². The van der Waals surface area contributed by atoms with Crippen LogP contribution in [0.25, 0.3) is 33.6 Å². The molecule has 0 radical (unpaired) electrons. The molecule has 17 heteroatoms. The van der Waals surface area contributed by atoms with E-state index in [-0.39, 0.29) is 111 Å². The normalized spacial score (nSPS) is 20.7. The number of methoxy groups -OCH3 is 1. The number of imidazole rings is 2. The largest absolute Gasteiger partial charge is 0.453 e. The summed E-state index contributed by atoms with van der Waals surface area (Å²) < 4.78 is 10.9. The van der Waals surface area contributed by atoms with Crippen LogP contribution < -0.4 is 5.32 Å². The Hall–Kier alpha value is -3.48. The summed E-state index contributed by atoms with van der Waals surface area (Å²) in [7, 11) is 1.29. The van der Waals surface area contributed by atoms with Crippen LogP contribution in [-0.4, -0.2) is 80.5 Å². The Morgan fingerprint density at radius 3 is 2.08 bits per heavy atom. The van der Waals surface area contributed by atoms with Crippen LogP contribution in [0, 0.1) is 17.8 Å². The van der Waals surface area contributed by atoms with Gasteiger partial charge in [0.05, 0.1) is 55.7 Å². The van der Waals surface area contributed by atoms with E-state index in [0.29, 0.717) is 31.5 Å². The second-order valence-electron chi connectivity index (χ2n) is 15.1. The van der Waals surface area contributed by atoms with Crippen molar-refractivity contribution in [3.63, 3.8) is 0 Å². The van der Waals surface area contributed by atoms with Gasteiger partial charge in [-0.05, 0) is 48.3 Å². The first-order chi connectivity index (χ1) is 26.1. The molecule has 5 atom stereocenters. The molecule has 2 aromatic heterocycles. The molecule has 0 aliphatic carbocycles. The quantitative estimate of drug-likeness (QED) is 0.158. The first-order valence-electron chi connectivity index (χ1n) is 19.2. The van der Waals surface area contributed by atoms with Crippen molar-refractivity contribution in [1.29, 1.82) is 0 Å². The zero-order chi connectivity index (χ0) is 37.9. The third-order valence-corrected chi connectivity index (χ3v) is 11.3. The van der Waals surface area contributed by atoms with E-state index >= 15 is 0 Å². The minimum atomic E-state index is -0.777. The van der Waals surface area contributed by atoms with E-state index in [1.807, 2.05) is 42.0 Å². The van der Waals surface area contributed by atoms with E-state index in [1.165, 1.54) is 7.11 Å². The standard InChI is InChI=1S/C42H51N7O5.CH4.5H2S/c1-25(2)27(4)40(50)48-20-6-10-34(48)38-43-23-32(44-38)30-16-12-28(13-17-30)29-14-18-31(19-15-29)37-33-24-54-22-8-9-26(3)36(47-42(52)53-5)41(51)49-21-7-11-35(49)39(45-33)46-37;;;;;;/h8-9,12-19,23,25-27,34-36H,6-7,10-11,20-22,24H2,1-5H3,(H,43,44)(H,45,46)(H,47,52);1H4;5*1H2/b9-8+;;;;;;/t26-,27-,34-,35-,36-;;;;;;/m0....../s1. The molecule has 0 unspecified atom stereocenters. The van der Waals surface area contributed by atoms with Gasteiger partial charge >= 0.3 is 6.09 Å². The Bertz CT molecular complexity index is 2010. The molecule has 7 rings (SSSR count). The van der Waals surface area contributed by atoms with Crippen molar-refractivity contribution in [3.05, 3.63) is 84.2 Å². The van der Waals surface area contributed by atoms with Gasteiger partial charge in [0.15, 0.2) is 0 Å². The summed E-state index contributed by atoms with van der Waals surface area (Å²) in [6.45, 7) is 10.1. The second kappa shape index (κ2) is 24.2. The van der Waals surface area contributed by atoms with E-state index in [9.17, 15) is 14.4 Å². The number of rotatable bonds is 7. The van der Waals surface area contributed by atoms with Crippen molar-refractivity contribution in [3.8, 4) is 33.6 Å². The third kappa shape index (κ3) is 11.7. The van der Waals surface area contributed by atoms with Crippen LogP contribution in [0.4, 0.5) is 4.79 Å². The molecule has 2 aromatic carbocycles. The molecule has 3 amide bonds. The highest BCUT2D eigenvalue weighted by Crippen LogP contribution is 2.36. The average molecular weight is 920 g/mol. The number of aromatic nitrogens is 4. The van der Waals surface area contributed by atoms with E-state index < -0.39 is 12.1 Å². The number of hydrogen-bond acceptors (Lipinski definition) is 7. The number of carbonyl (C=O) groups excluding carboxylic acids is 3. The van der Waals surface area contributed by atoms with Crippen molar-refractivity contribution in [1.82, 2.24) is 35.1 Å². The van der Waals surface area contributed by atoms with Gasteiger partial charge in [-0.3, -0.25) is 9.59 Å². The lowest BCUT2D eigenvalue weighted by atomic mass is 9.96. The van der Waals surface area contributed by atoms with Crippen LogP contribution in [0.1, 0.15) is 90.2 Å². The summed E-state index contributed by atoms with van der Waals surface area (Å²) in [6.07, 6.45) is 8.50. The predicted octanol–water partition coefficient (Wildman–Crippen LogP) is 8.40. The Morgan fingerprint density at radius 1 is 0.850 bits per heavy atom. The zero-order valence-corrected chi connectivity index (χ0v) is 39.3. The number of ether oxygens (including phenoxy) is 2. The lowest BCUT2D eigenvalue weighted by Gasteiger charge is -2.30. The first kappa shape index (κ1) is 54.5. The average Bonchev–Trinajstić information content (AvgIpc) is 4.02.